The summed E-state index contributed by atoms with van der Waals surface area (Å²) < 4.78 is 39.0. The second-order valence-electron chi connectivity index (χ2n) is 6.45. The van der Waals surface area contributed by atoms with Gasteiger partial charge in [-0.3, -0.25) is 0 Å². The fourth-order valence-corrected chi connectivity index (χ4v) is 4.16. The minimum atomic E-state index is -3.71. The third-order valence-corrected chi connectivity index (χ3v) is 5.80. The van der Waals surface area contributed by atoms with Crippen LogP contribution in [0.15, 0.2) is 47.4 Å². The summed E-state index contributed by atoms with van der Waals surface area (Å²) in [7, 11) is -0.719. The Hall–Kier alpha value is -2.05. The number of hydrogen-bond acceptors (Lipinski definition) is 4. The van der Waals surface area contributed by atoms with Gasteiger partial charge in [0.15, 0.2) is 11.5 Å². The van der Waals surface area contributed by atoms with Crippen molar-refractivity contribution in [1.29, 1.82) is 0 Å². The van der Waals surface area contributed by atoms with Crippen molar-refractivity contribution in [2.45, 2.75) is 38.1 Å². The van der Waals surface area contributed by atoms with Crippen LogP contribution < -0.4 is 14.2 Å². The fourth-order valence-electron chi connectivity index (χ4n) is 2.77. The Morgan fingerprint density at radius 3 is 2.08 bits per heavy atom. The lowest BCUT2D eigenvalue weighted by molar-refractivity contribution is 0.353. The molecule has 2 rings (SSSR count). The molecule has 2 aromatic carbocycles. The lowest BCUT2D eigenvalue weighted by atomic mass is 9.96. The Bertz CT molecular complexity index is 829. The minimum Gasteiger partial charge on any atom is -0.493 e. The molecule has 0 amide bonds. The lowest BCUT2D eigenvalue weighted by Crippen LogP contribution is -2.31. The molecule has 0 heterocycles. The van der Waals surface area contributed by atoms with Crippen molar-refractivity contribution < 1.29 is 17.9 Å². The molecule has 1 N–H and O–H groups in total. The molecule has 5 nitrogen and oxygen atoms in total. The van der Waals surface area contributed by atoms with Gasteiger partial charge in [-0.15, -0.1) is 0 Å². The summed E-state index contributed by atoms with van der Waals surface area (Å²) in [5.41, 5.74) is 2.17. The molecule has 0 aliphatic rings. The van der Waals surface area contributed by atoms with E-state index < -0.39 is 10.0 Å². The van der Waals surface area contributed by atoms with Crippen LogP contribution in [-0.2, 0) is 16.4 Å². The zero-order valence-corrected chi connectivity index (χ0v) is 16.8. The molecular weight excluding hydrogens is 350 g/mol. The van der Waals surface area contributed by atoms with E-state index in [1.807, 2.05) is 38.1 Å². The third kappa shape index (κ3) is 4.56. The number of methoxy groups -OCH3 is 2. The zero-order chi connectivity index (χ0) is 19.3. The second-order valence-corrected chi connectivity index (χ2v) is 8.17. The molecule has 0 aromatic heterocycles. The van der Waals surface area contributed by atoms with E-state index in [2.05, 4.69) is 11.6 Å². The summed E-state index contributed by atoms with van der Waals surface area (Å²) in [4.78, 5) is 0.144. The summed E-state index contributed by atoms with van der Waals surface area (Å²) in [5, 5.41) is 0. The molecule has 0 fully saturated rings. The summed E-state index contributed by atoms with van der Waals surface area (Å²) >= 11 is 0. The highest BCUT2D eigenvalue weighted by Crippen LogP contribution is 2.31. The average molecular weight is 378 g/mol. The number of nitrogens with one attached hydrogen (secondary N) is 1. The zero-order valence-electron chi connectivity index (χ0n) is 15.9. The third-order valence-electron chi connectivity index (χ3n) is 4.36. The van der Waals surface area contributed by atoms with Crippen LogP contribution in [0.3, 0.4) is 0 Å². The van der Waals surface area contributed by atoms with Gasteiger partial charge in [0.05, 0.1) is 19.1 Å². The minimum absolute atomic E-state index is 0.0948. The number of hydrogen-bond donors (Lipinski definition) is 1. The molecule has 0 unspecified atom stereocenters. The van der Waals surface area contributed by atoms with E-state index >= 15 is 0 Å². The monoisotopic (exact) mass is 377 g/mol. The van der Waals surface area contributed by atoms with Crippen LogP contribution in [0, 0.1) is 5.92 Å². The molecule has 0 radical (unpaired) electrons. The molecule has 0 saturated carbocycles. The van der Waals surface area contributed by atoms with Crippen molar-refractivity contribution in [1.82, 2.24) is 4.72 Å². The van der Waals surface area contributed by atoms with E-state index in [-0.39, 0.29) is 16.9 Å². The topological polar surface area (TPSA) is 64.6 Å². The van der Waals surface area contributed by atoms with Gasteiger partial charge in [0.25, 0.3) is 0 Å². The van der Waals surface area contributed by atoms with Crippen molar-refractivity contribution in [2.75, 3.05) is 14.2 Å². The molecule has 0 bridgehead atoms. The SMILES string of the molecule is CCc1ccc([C@@H](NS(=O)(=O)c2ccc(OC)c(OC)c2)C(C)C)cc1. The van der Waals surface area contributed by atoms with Crippen LogP contribution in [0.2, 0.25) is 0 Å². The van der Waals surface area contributed by atoms with Crippen LogP contribution in [0.5, 0.6) is 11.5 Å². The van der Waals surface area contributed by atoms with E-state index in [0.717, 1.165) is 12.0 Å². The Morgan fingerprint density at radius 1 is 0.962 bits per heavy atom. The van der Waals surface area contributed by atoms with E-state index in [4.69, 9.17) is 9.47 Å². The van der Waals surface area contributed by atoms with Crippen LogP contribution in [0.25, 0.3) is 0 Å². The summed E-state index contributed by atoms with van der Waals surface area (Å²) in [6.45, 7) is 6.08. The molecule has 6 heteroatoms. The van der Waals surface area contributed by atoms with Gasteiger partial charge < -0.3 is 9.47 Å². The van der Waals surface area contributed by atoms with E-state index in [1.54, 1.807) is 6.07 Å². The van der Waals surface area contributed by atoms with Crippen molar-refractivity contribution >= 4 is 10.0 Å². The molecule has 0 aliphatic carbocycles. The van der Waals surface area contributed by atoms with Gasteiger partial charge in [0.1, 0.15) is 0 Å². The van der Waals surface area contributed by atoms with Gasteiger partial charge in [-0.25, -0.2) is 13.1 Å². The second kappa shape index (κ2) is 8.56. The number of rotatable bonds is 8. The van der Waals surface area contributed by atoms with Crippen molar-refractivity contribution in [3.8, 4) is 11.5 Å². The summed E-state index contributed by atoms with van der Waals surface area (Å²) in [5.74, 6) is 0.961. The van der Waals surface area contributed by atoms with Crippen molar-refractivity contribution in [2.24, 2.45) is 5.92 Å². The molecule has 0 saturated heterocycles. The van der Waals surface area contributed by atoms with E-state index in [1.165, 1.54) is 31.9 Å². The maximum atomic E-state index is 12.9. The van der Waals surface area contributed by atoms with E-state index in [9.17, 15) is 8.42 Å². The van der Waals surface area contributed by atoms with Crippen LogP contribution >= 0.6 is 0 Å². The maximum absolute atomic E-state index is 12.9. The maximum Gasteiger partial charge on any atom is 0.241 e. The van der Waals surface area contributed by atoms with Crippen molar-refractivity contribution in [3.05, 3.63) is 53.6 Å². The quantitative estimate of drug-likeness (QED) is 0.757. The highest BCUT2D eigenvalue weighted by Gasteiger charge is 2.25. The Labute approximate surface area is 156 Å². The van der Waals surface area contributed by atoms with Crippen LogP contribution in [0.1, 0.15) is 37.9 Å². The number of benzene rings is 2. The first-order valence-corrected chi connectivity index (χ1v) is 10.1. The highest BCUT2D eigenvalue weighted by atomic mass is 32.2. The van der Waals surface area contributed by atoms with E-state index in [0.29, 0.717) is 11.5 Å². The molecule has 1 atom stereocenters. The Morgan fingerprint density at radius 2 is 1.58 bits per heavy atom. The van der Waals surface area contributed by atoms with Gasteiger partial charge in [0.2, 0.25) is 10.0 Å². The Kier molecular flexibility index (Phi) is 6.67. The number of ether oxygens (including phenoxy) is 2. The molecule has 0 spiro atoms. The standard InChI is InChI=1S/C20H27NO4S/c1-6-15-7-9-16(10-8-15)20(14(2)3)21-26(22,23)17-11-12-18(24-4)19(13-17)25-5/h7-14,20-21H,6H2,1-5H3/t20-/m0/s1. The lowest BCUT2D eigenvalue weighted by Gasteiger charge is -2.23. The molecule has 26 heavy (non-hydrogen) atoms. The normalized spacial score (nSPS) is 12.8. The van der Waals surface area contributed by atoms with Crippen LogP contribution in [-0.4, -0.2) is 22.6 Å². The highest BCUT2D eigenvalue weighted by molar-refractivity contribution is 7.89. The van der Waals surface area contributed by atoms with Gasteiger partial charge in [-0.2, -0.15) is 0 Å². The summed E-state index contributed by atoms with van der Waals surface area (Å²) in [6, 6.07) is 12.3. The van der Waals surface area contributed by atoms with Gasteiger partial charge in [-0.1, -0.05) is 45.0 Å². The van der Waals surface area contributed by atoms with Gasteiger partial charge in [-0.05, 0) is 35.6 Å². The first-order valence-electron chi connectivity index (χ1n) is 8.65. The largest absolute Gasteiger partial charge is 0.493 e. The van der Waals surface area contributed by atoms with Gasteiger partial charge >= 0.3 is 0 Å². The smallest absolute Gasteiger partial charge is 0.241 e. The molecule has 0 aliphatic heterocycles. The van der Waals surface area contributed by atoms with Crippen LogP contribution in [0.4, 0.5) is 0 Å². The fraction of sp³-hybridized carbons (Fsp3) is 0.400. The Balaban J connectivity index is 2.34. The summed E-state index contributed by atoms with van der Waals surface area (Å²) in [6.07, 6.45) is 0.948. The average Bonchev–Trinajstić information content (AvgIpc) is 2.65. The number of aryl methyl sites for hydroxylation is 1. The first-order chi connectivity index (χ1) is 12.3. The molecular formula is C20H27NO4S. The van der Waals surface area contributed by atoms with Gasteiger partial charge in [0, 0.05) is 12.1 Å². The van der Waals surface area contributed by atoms with Crippen molar-refractivity contribution in [3.63, 3.8) is 0 Å². The predicted molar refractivity (Wildman–Crippen MR) is 103 cm³/mol. The molecule has 142 valence electrons. The predicted octanol–water partition coefficient (Wildman–Crippen LogP) is 3.94. The first kappa shape index (κ1) is 20.3. The molecule has 2 aromatic rings. The number of sulfonamides is 1.